The van der Waals surface area contributed by atoms with Crippen LogP contribution in [0.4, 0.5) is 0 Å². The van der Waals surface area contributed by atoms with Gasteiger partial charge in [0.05, 0.1) is 13.2 Å². The zero-order valence-electron chi connectivity index (χ0n) is 12.7. The number of rotatable bonds is 2. The number of morpholine rings is 1. The Balaban J connectivity index is 1.54. The minimum atomic E-state index is 0.0909. The molecule has 0 N–H and O–H groups in total. The van der Waals surface area contributed by atoms with Gasteiger partial charge in [0.25, 0.3) is 0 Å². The summed E-state index contributed by atoms with van der Waals surface area (Å²) in [5.74, 6) is 1.84. The number of carbonyl (C=O) groups is 1. The summed E-state index contributed by atoms with van der Waals surface area (Å²) < 4.78 is 16.6. The number of hydrogen-bond donors (Lipinski definition) is 0. The largest absolute Gasteiger partial charge is 0.486 e. The van der Waals surface area contributed by atoms with Gasteiger partial charge in [-0.25, -0.2) is 0 Å². The highest BCUT2D eigenvalue weighted by Gasteiger charge is 2.31. The average Bonchev–Trinajstić information content (AvgIpc) is 2.57. The molecule has 0 unspecified atom stereocenters. The fraction of sp³-hybridized carbons (Fsp3) is 0.588. The van der Waals surface area contributed by atoms with Crippen molar-refractivity contribution >= 4 is 5.78 Å². The van der Waals surface area contributed by atoms with Crippen LogP contribution in [0.25, 0.3) is 0 Å². The van der Waals surface area contributed by atoms with Crippen molar-refractivity contribution in [3.63, 3.8) is 0 Å². The average molecular weight is 303 g/mol. The normalized spacial score (nSPS) is 24.9. The predicted molar refractivity (Wildman–Crippen MR) is 80.8 cm³/mol. The van der Waals surface area contributed by atoms with E-state index in [1.807, 2.05) is 12.1 Å². The zero-order valence-corrected chi connectivity index (χ0v) is 12.7. The second-order valence-electron chi connectivity index (χ2n) is 6.17. The van der Waals surface area contributed by atoms with E-state index in [1.54, 1.807) is 0 Å². The maximum atomic E-state index is 12.8. The van der Waals surface area contributed by atoms with Crippen LogP contribution in [0, 0.1) is 5.92 Å². The highest BCUT2D eigenvalue weighted by atomic mass is 16.6. The van der Waals surface area contributed by atoms with Crippen molar-refractivity contribution in [1.29, 1.82) is 0 Å². The van der Waals surface area contributed by atoms with Crippen LogP contribution < -0.4 is 9.47 Å². The van der Waals surface area contributed by atoms with Gasteiger partial charge < -0.3 is 14.2 Å². The first-order valence-electron chi connectivity index (χ1n) is 8.08. The van der Waals surface area contributed by atoms with Gasteiger partial charge >= 0.3 is 0 Å². The minimum Gasteiger partial charge on any atom is -0.486 e. The molecule has 5 heteroatoms. The Hall–Kier alpha value is -1.59. The third-order valence-electron chi connectivity index (χ3n) is 4.75. The van der Waals surface area contributed by atoms with Gasteiger partial charge in [-0.3, -0.25) is 9.69 Å². The number of ether oxygens (including phenoxy) is 3. The summed E-state index contributed by atoms with van der Waals surface area (Å²) in [6.45, 7) is 5.38. The third-order valence-corrected chi connectivity index (χ3v) is 4.75. The smallest absolute Gasteiger partial charge is 0.167 e. The van der Waals surface area contributed by atoms with Crippen LogP contribution in [0.5, 0.6) is 11.5 Å². The number of nitrogens with zero attached hydrogens (tertiary/aromatic N) is 1. The van der Waals surface area contributed by atoms with Gasteiger partial charge in [0, 0.05) is 31.1 Å². The number of Topliss-reactive ketones (excluding diaryl/α,β-unsaturated/α-hetero) is 1. The summed E-state index contributed by atoms with van der Waals surface area (Å²) in [5.41, 5.74) is 1.93. The summed E-state index contributed by atoms with van der Waals surface area (Å²) >= 11 is 0. The second kappa shape index (κ2) is 5.89. The molecule has 2 aliphatic heterocycles. The van der Waals surface area contributed by atoms with E-state index < -0.39 is 0 Å². The van der Waals surface area contributed by atoms with Crippen LogP contribution in [0.15, 0.2) is 12.1 Å². The van der Waals surface area contributed by atoms with Crippen LogP contribution in [0.2, 0.25) is 0 Å². The summed E-state index contributed by atoms with van der Waals surface area (Å²) in [4.78, 5) is 15.2. The maximum Gasteiger partial charge on any atom is 0.167 e. The molecule has 1 aromatic rings. The summed E-state index contributed by atoms with van der Waals surface area (Å²) in [6, 6.07) is 3.88. The molecule has 1 saturated heterocycles. The molecule has 0 amide bonds. The Bertz CT molecular complexity index is 580. The lowest BCUT2D eigenvalue weighted by Crippen LogP contribution is -2.42. The molecule has 1 fully saturated rings. The number of fused-ring (bicyclic) bond motifs is 2. The lowest BCUT2D eigenvalue weighted by molar-refractivity contribution is 0.0291. The van der Waals surface area contributed by atoms with Gasteiger partial charge in [0.15, 0.2) is 17.3 Å². The monoisotopic (exact) mass is 303 g/mol. The molecule has 118 valence electrons. The standard InChI is InChI=1S/C17H21NO4/c19-17-13(11-18-3-5-20-6-4-18)2-1-12-9-15-16(10-14(12)17)22-8-7-21-15/h9-10,13H,1-8,11H2/t13-/m1/s1. The van der Waals surface area contributed by atoms with Gasteiger partial charge in [0.2, 0.25) is 0 Å². The molecule has 0 radical (unpaired) electrons. The fourth-order valence-corrected chi connectivity index (χ4v) is 3.52. The Morgan fingerprint density at radius 2 is 1.77 bits per heavy atom. The molecule has 3 aliphatic rings. The lowest BCUT2D eigenvalue weighted by Gasteiger charge is -2.32. The summed E-state index contributed by atoms with van der Waals surface area (Å²) in [6.07, 6.45) is 1.86. The van der Waals surface area contributed by atoms with E-state index in [4.69, 9.17) is 14.2 Å². The number of carbonyl (C=O) groups excluding carboxylic acids is 1. The Kier molecular flexibility index (Phi) is 3.76. The molecule has 5 nitrogen and oxygen atoms in total. The first kappa shape index (κ1) is 14.0. The molecule has 0 aromatic heterocycles. The van der Waals surface area contributed by atoms with E-state index in [1.165, 1.54) is 0 Å². The van der Waals surface area contributed by atoms with E-state index in [0.29, 0.717) is 19.0 Å². The maximum absolute atomic E-state index is 12.8. The van der Waals surface area contributed by atoms with Crippen LogP contribution >= 0.6 is 0 Å². The first-order valence-corrected chi connectivity index (χ1v) is 8.08. The molecule has 1 aliphatic carbocycles. The molecular formula is C17H21NO4. The van der Waals surface area contributed by atoms with Gasteiger partial charge in [0.1, 0.15) is 13.2 Å². The SMILES string of the molecule is O=C1c2cc3c(cc2CC[C@@H]1CN1CCOCC1)OCCO3. The predicted octanol–water partition coefficient (Wildman–Crippen LogP) is 1.54. The van der Waals surface area contributed by atoms with Crippen molar-refractivity contribution in [2.75, 3.05) is 46.1 Å². The minimum absolute atomic E-state index is 0.0909. The lowest BCUT2D eigenvalue weighted by atomic mass is 9.82. The first-order chi connectivity index (χ1) is 10.8. The number of benzene rings is 1. The molecule has 2 heterocycles. The Labute approximate surface area is 130 Å². The van der Waals surface area contributed by atoms with E-state index in [9.17, 15) is 4.79 Å². The summed E-state index contributed by atoms with van der Waals surface area (Å²) in [7, 11) is 0. The van der Waals surface area contributed by atoms with Crippen molar-refractivity contribution in [2.45, 2.75) is 12.8 Å². The molecule has 1 atom stereocenters. The molecule has 22 heavy (non-hydrogen) atoms. The van der Waals surface area contributed by atoms with Crippen molar-refractivity contribution in [3.05, 3.63) is 23.3 Å². The van der Waals surface area contributed by atoms with Gasteiger partial charge in [-0.15, -0.1) is 0 Å². The van der Waals surface area contributed by atoms with Crippen LogP contribution in [-0.2, 0) is 11.2 Å². The van der Waals surface area contributed by atoms with Crippen LogP contribution in [-0.4, -0.2) is 56.7 Å². The third kappa shape index (κ3) is 2.59. The Morgan fingerprint density at radius 3 is 2.55 bits per heavy atom. The van der Waals surface area contributed by atoms with Crippen molar-refractivity contribution in [3.8, 4) is 11.5 Å². The highest BCUT2D eigenvalue weighted by Crippen LogP contribution is 2.37. The van der Waals surface area contributed by atoms with E-state index in [-0.39, 0.29) is 11.7 Å². The number of aryl methyl sites for hydroxylation is 1. The van der Waals surface area contributed by atoms with E-state index >= 15 is 0 Å². The Morgan fingerprint density at radius 1 is 1.05 bits per heavy atom. The molecule has 0 saturated carbocycles. The summed E-state index contributed by atoms with van der Waals surface area (Å²) in [5, 5.41) is 0. The number of hydrogen-bond acceptors (Lipinski definition) is 5. The van der Waals surface area contributed by atoms with Gasteiger partial charge in [-0.2, -0.15) is 0 Å². The molecule has 0 bridgehead atoms. The van der Waals surface area contributed by atoms with Crippen LogP contribution in [0.1, 0.15) is 22.3 Å². The van der Waals surface area contributed by atoms with Crippen molar-refractivity contribution in [2.24, 2.45) is 5.92 Å². The van der Waals surface area contributed by atoms with Crippen molar-refractivity contribution in [1.82, 2.24) is 4.90 Å². The van der Waals surface area contributed by atoms with E-state index in [0.717, 1.165) is 62.6 Å². The quantitative estimate of drug-likeness (QED) is 0.829. The highest BCUT2D eigenvalue weighted by molar-refractivity contribution is 6.01. The molecule has 4 rings (SSSR count). The zero-order chi connectivity index (χ0) is 14.9. The number of ketones is 1. The van der Waals surface area contributed by atoms with Crippen LogP contribution in [0.3, 0.4) is 0 Å². The second-order valence-corrected chi connectivity index (χ2v) is 6.17. The fourth-order valence-electron chi connectivity index (χ4n) is 3.52. The molecule has 1 aromatic carbocycles. The molecule has 0 spiro atoms. The molecular weight excluding hydrogens is 282 g/mol. The van der Waals surface area contributed by atoms with Gasteiger partial charge in [-0.05, 0) is 30.5 Å². The van der Waals surface area contributed by atoms with Gasteiger partial charge in [-0.1, -0.05) is 0 Å². The topological polar surface area (TPSA) is 48.0 Å². The van der Waals surface area contributed by atoms with E-state index in [2.05, 4.69) is 4.90 Å². The van der Waals surface area contributed by atoms with Crippen molar-refractivity contribution < 1.29 is 19.0 Å².